The van der Waals surface area contributed by atoms with Gasteiger partial charge in [0.1, 0.15) is 5.82 Å². The van der Waals surface area contributed by atoms with Gasteiger partial charge in [-0.3, -0.25) is 24.1 Å². The fraction of sp³-hybridized carbons (Fsp3) is 0.630. The van der Waals surface area contributed by atoms with Gasteiger partial charge in [0.05, 0.1) is 11.3 Å². The lowest BCUT2D eigenvalue weighted by molar-refractivity contribution is -0.146. The summed E-state index contributed by atoms with van der Waals surface area (Å²) in [5, 5.41) is 0. The number of nitrogens with zero attached hydrogens (tertiary/aromatic N) is 3. The van der Waals surface area contributed by atoms with Crippen LogP contribution in [-0.4, -0.2) is 70.5 Å². The van der Waals surface area contributed by atoms with E-state index in [1.807, 2.05) is 13.8 Å². The molecule has 35 heavy (non-hydrogen) atoms. The maximum Gasteiger partial charge on any atom is 0.241 e. The van der Waals surface area contributed by atoms with Crippen LogP contribution in [0.2, 0.25) is 0 Å². The summed E-state index contributed by atoms with van der Waals surface area (Å²) in [5.41, 5.74) is -1.04. The SMILES string of the molecule is CCN(CC)C(=O)[C@H]1CCCN(C(=O)C[C@]2(c3cccc(F)c3)CC(=O)N(C3CCCC3)C2=O)C1. The van der Waals surface area contributed by atoms with Crippen molar-refractivity contribution in [2.24, 2.45) is 5.92 Å². The van der Waals surface area contributed by atoms with Crippen molar-refractivity contribution < 1.29 is 23.6 Å². The Kier molecular flexibility index (Phi) is 7.57. The van der Waals surface area contributed by atoms with Crippen LogP contribution in [0, 0.1) is 11.7 Å². The molecule has 8 heteroatoms. The number of piperidine rings is 1. The minimum Gasteiger partial charge on any atom is -0.343 e. The molecule has 1 aromatic rings. The van der Waals surface area contributed by atoms with Crippen molar-refractivity contribution in [3.8, 4) is 0 Å². The van der Waals surface area contributed by atoms with Gasteiger partial charge in [-0.15, -0.1) is 0 Å². The number of likely N-dealkylation sites (tertiary alicyclic amines) is 2. The second-order valence-corrected chi connectivity index (χ2v) is 10.1. The highest BCUT2D eigenvalue weighted by molar-refractivity contribution is 6.11. The lowest BCUT2D eigenvalue weighted by atomic mass is 9.75. The quantitative estimate of drug-likeness (QED) is 0.556. The molecule has 1 saturated carbocycles. The van der Waals surface area contributed by atoms with Crippen molar-refractivity contribution in [1.29, 1.82) is 0 Å². The summed E-state index contributed by atoms with van der Waals surface area (Å²) in [7, 11) is 0. The van der Waals surface area contributed by atoms with Gasteiger partial charge in [0.15, 0.2) is 0 Å². The third-order valence-corrected chi connectivity index (χ3v) is 8.07. The molecular weight excluding hydrogens is 449 g/mol. The first kappa shape index (κ1) is 25.3. The zero-order chi connectivity index (χ0) is 25.2. The third kappa shape index (κ3) is 4.84. The molecule has 0 spiro atoms. The van der Waals surface area contributed by atoms with E-state index in [4.69, 9.17) is 0 Å². The Morgan fingerprint density at radius 2 is 1.80 bits per heavy atom. The Labute approximate surface area is 206 Å². The van der Waals surface area contributed by atoms with Gasteiger partial charge in [-0.05, 0) is 57.2 Å². The summed E-state index contributed by atoms with van der Waals surface area (Å²) in [4.78, 5) is 58.3. The van der Waals surface area contributed by atoms with E-state index in [9.17, 15) is 23.6 Å². The molecule has 2 heterocycles. The van der Waals surface area contributed by atoms with Crippen molar-refractivity contribution in [3.05, 3.63) is 35.6 Å². The number of hydrogen-bond donors (Lipinski definition) is 0. The maximum atomic E-state index is 14.2. The van der Waals surface area contributed by atoms with Crippen molar-refractivity contribution in [1.82, 2.24) is 14.7 Å². The molecule has 7 nitrogen and oxygen atoms in total. The first-order valence-corrected chi connectivity index (χ1v) is 13.0. The van der Waals surface area contributed by atoms with Gasteiger partial charge in [-0.1, -0.05) is 25.0 Å². The molecule has 190 valence electrons. The van der Waals surface area contributed by atoms with E-state index < -0.39 is 11.2 Å². The Morgan fingerprint density at radius 1 is 1.09 bits per heavy atom. The zero-order valence-corrected chi connectivity index (χ0v) is 20.8. The van der Waals surface area contributed by atoms with Crippen LogP contribution in [0.5, 0.6) is 0 Å². The molecule has 4 rings (SSSR count). The molecule has 2 saturated heterocycles. The lowest BCUT2D eigenvalue weighted by Gasteiger charge is -2.36. The van der Waals surface area contributed by atoms with Gasteiger partial charge in [0, 0.05) is 45.1 Å². The van der Waals surface area contributed by atoms with Gasteiger partial charge >= 0.3 is 0 Å². The van der Waals surface area contributed by atoms with Gasteiger partial charge < -0.3 is 9.80 Å². The summed E-state index contributed by atoms with van der Waals surface area (Å²) in [6.07, 6.45) is 4.56. The Balaban J connectivity index is 1.60. The number of hydrogen-bond acceptors (Lipinski definition) is 4. The van der Waals surface area contributed by atoms with Crippen LogP contribution in [0.25, 0.3) is 0 Å². The number of benzene rings is 1. The molecule has 0 N–H and O–H groups in total. The average molecular weight is 486 g/mol. The summed E-state index contributed by atoms with van der Waals surface area (Å²) >= 11 is 0. The lowest BCUT2D eigenvalue weighted by Crippen LogP contribution is -2.49. The maximum absolute atomic E-state index is 14.2. The number of amides is 4. The van der Waals surface area contributed by atoms with Crippen LogP contribution in [0.3, 0.4) is 0 Å². The number of carbonyl (C=O) groups excluding carboxylic acids is 4. The first-order chi connectivity index (χ1) is 16.8. The van der Waals surface area contributed by atoms with E-state index in [2.05, 4.69) is 0 Å². The van der Waals surface area contributed by atoms with E-state index in [1.165, 1.54) is 23.1 Å². The van der Waals surface area contributed by atoms with Gasteiger partial charge in [-0.2, -0.15) is 0 Å². The number of imide groups is 1. The topological polar surface area (TPSA) is 78.0 Å². The monoisotopic (exact) mass is 485 g/mol. The molecule has 1 aliphatic carbocycles. The molecule has 0 unspecified atom stereocenters. The van der Waals surface area contributed by atoms with E-state index in [0.717, 1.165) is 32.1 Å². The Hall–Kier alpha value is -2.77. The summed E-state index contributed by atoms with van der Waals surface area (Å²) in [6, 6.07) is 5.59. The zero-order valence-electron chi connectivity index (χ0n) is 20.8. The first-order valence-electron chi connectivity index (χ1n) is 13.0. The molecule has 3 fully saturated rings. The molecule has 4 amide bonds. The van der Waals surface area contributed by atoms with E-state index >= 15 is 0 Å². The molecular formula is C27H36FN3O4. The van der Waals surface area contributed by atoms with Crippen LogP contribution in [-0.2, 0) is 24.6 Å². The molecule has 0 aromatic heterocycles. The second kappa shape index (κ2) is 10.5. The second-order valence-electron chi connectivity index (χ2n) is 10.1. The predicted octanol–water partition coefficient (Wildman–Crippen LogP) is 3.26. The molecule has 0 bridgehead atoms. The molecule has 3 aliphatic rings. The molecule has 0 radical (unpaired) electrons. The minimum absolute atomic E-state index is 0.0480. The summed E-state index contributed by atoms with van der Waals surface area (Å²) in [6.45, 7) is 5.94. The molecule has 2 atom stereocenters. The van der Waals surface area contributed by atoms with Crippen molar-refractivity contribution >= 4 is 23.6 Å². The normalized spacial score (nSPS) is 25.4. The highest BCUT2D eigenvalue weighted by Gasteiger charge is 2.56. The fourth-order valence-corrected chi connectivity index (χ4v) is 6.12. The van der Waals surface area contributed by atoms with Crippen LogP contribution in [0.1, 0.15) is 70.8 Å². The van der Waals surface area contributed by atoms with Crippen molar-refractivity contribution in [3.63, 3.8) is 0 Å². The van der Waals surface area contributed by atoms with Crippen LogP contribution in [0.15, 0.2) is 24.3 Å². The summed E-state index contributed by atoms with van der Waals surface area (Å²) < 4.78 is 14.2. The predicted molar refractivity (Wildman–Crippen MR) is 129 cm³/mol. The van der Waals surface area contributed by atoms with Crippen molar-refractivity contribution in [2.75, 3.05) is 26.2 Å². The van der Waals surface area contributed by atoms with Crippen LogP contribution in [0.4, 0.5) is 4.39 Å². The standard InChI is InChI=1S/C27H36FN3O4/c1-3-29(4-2)25(34)19-9-8-14-30(18-19)23(32)16-27(20-10-7-11-21(28)15-20)17-24(33)31(26(27)35)22-12-5-6-13-22/h7,10-11,15,19,22H,3-6,8-9,12-14,16-18H2,1-2H3/t19-,27+/m0/s1. The largest absolute Gasteiger partial charge is 0.343 e. The van der Waals surface area contributed by atoms with Gasteiger partial charge in [0.25, 0.3) is 0 Å². The van der Waals surface area contributed by atoms with Crippen molar-refractivity contribution in [2.45, 2.75) is 76.7 Å². The third-order valence-electron chi connectivity index (χ3n) is 8.07. The van der Waals surface area contributed by atoms with E-state index in [-0.39, 0.29) is 48.4 Å². The number of carbonyl (C=O) groups is 4. The minimum atomic E-state index is -1.41. The Morgan fingerprint density at radius 3 is 2.46 bits per heavy atom. The average Bonchev–Trinajstić information content (AvgIpc) is 3.46. The highest BCUT2D eigenvalue weighted by atomic mass is 19.1. The number of rotatable bonds is 7. The highest BCUT2D eigenvalue weighted by Crippen LogP contribution is 2.43. The molecule has 2 aliphatic heterocycles. The van der Waals surface area contributed by atoms with E-state index in [0.29, 0.717) is 38.2 Å². The van der Waals surface area contributed by atoms with Gasteiger partial charge in [0.2, 0.25) is 23.6 Å². The van der Waals surface area contributed by atoms with Crippen LogP contribution >= 0.6 is 0 Å². The smallest absolute Gasteiger partial charge is 0.241 e. The Bertz CT molecular complexity index is 988. The van der Waals surface area contributed by atoms with Crippen LogP contribution < -0.4 is 0 Å². The molecule has 1 aromatic carbocycles. The van der Waals surface area contributed by atoms with Gasteiger partial charge in [-0.25, -0.2) is 4.39 Å². The number of halogens is 1. The summed E-state index contributed by atoms with van der Waals surface area (Å²) in [5.74, 6) is -1.66. The fourth-order valence-electron chi connectivity index (χ4n) is 6.12. The van der Waals surface area contributed by atoms with E-state index in [1.54, 1.807) is 15.9 Å².